The van der Waals surface area contributed by atoms with Gasteiger partial charge in [0.25, 0.3) is 5.91 Å². The van der Waals surface area contributed by atoms with E-state index in [0.29, 0.717) is 12.5 Å². The van der Waals surface area contributed by atoms with Gasteiger partial charge in [0.05, 0.1) is 23.3 Å². The predicted octanol–water partition coefficient (Wildman–Crippen LogP) is 5.40. The topological polar surface area (TPSA) is 38.1 Å². The molecule has 0 atom stereocenters. The zero-order chi connectivity index (χ0) is 19.3. The number of amides is 1. The lowest BCUT2D eigenvalue weighted by molar-refractivity contribution is 0.0990. The van der Waals surface area contributed by atoms with Crippen LogP contribution in [0.2, 0.25) is 0 Å². The van der Waals surface area contributed by atoms with E-state index in [0.717, 1.165) is 51.8 Å². The lowest BCUT2D eigenvalue weighted by atomic mass is 10.1. The molecule has 28 heavy (non-hydrogen) atoms. The van der Waals surface area contributed by atoms with Gasteiger partial charge in [0, 0.05) is 17.5 Å². The summed E-state index contributed by atoms with van der Waals surface area (Å²) < 4.78 is 2.28. The van der Waals surface area contributed by atoms with Crippen LogP contribution in [-0.4, -0.2) is 15.5 Å². The molecular weight excluding hydrogens is 346 g/mol. The summed E-state index contributed by atoms with van der Waals surface area (Å²) >= 11 is 0. The summed E-state index contributed by atoms with van der Waals surface area (Å²) in [5.74, 6) is 1.62. The SMILES string of the molecule is CC(C)CCn1c(CN2C(=O)c3cccc4cccc2c34)nc2ccccc21. The van der Waals surface area contributed by atoms with E-state index < -0.39 is 0 Å². The van der Waals surface area contributed by atoms with Crippen molar-refractivity contribution < 1.29 is 4.79 Å². The minimum Gasteiger partial charge on any atom is -0.326 e. The van der Waals surface area contributed by atoms with Crippen LogP contribution in [0.5, 0.6) is 0 Å². The van der Waals surface area contributed by atoms with E-state index in [-0.39, 0.29) is 5.91 Å². The average Bonchev–Trinajstić information content (AvgIpc) is 3.18. The molecule has 0 fully saturated rings. The molecule has 0 saturated heterocycles. The number of hydrogen-bond donors (Lipinski definition) is 0. The molecule has 5 rings (SSSR count). The van der Waals surface area contributed by atoms with E-state index in [2.05, 4.69) is 42.7 Å². The van der Waals surface area contributed by atoms with Crippen molar-refractivity contribution in [2.45, 2.75) is 33.4 Å². The summed E-state index contributed by atoms with van der Waals surface area (Å²) in [6, 6.07) is 20.3. The Morgan fingerprint density at radius 3 is 2.57 bits per heavy atom. The van der Waals surface area contributed by atoms with Crippen molar-refractivity contribution in [2.75, 3.05) is 4.90 Å². The second kappa shape index (κ2) is 6.48. The Hall–Kier alpha value is -3.14. The Bertz CT molecular complexity index is 1200. The first kappa shape index (κ1) is 17.0. The number of rotatable bonds is 5. The van der Waals surface area contributed by atoms with Gasteiger partial charge < -0.3 is 9.47 Å². The van der Waals surface area contributed by atoms with Crippen LogP contribution in [0.15, 0.2) is 60.7 Å². The van der Waals surface area contributed by atoms with Crippen molar-refractivity contribution in [2.24, 2.45) is 5.92 Å². The minimum atomic E-state index is 0.0641. The van der Waals surface area contributed by atoms with E-state index >= 15 is 0 Å². The second-order valence-corrected chi connectivity index (χ2v) is 7.92. The normalized spacial score (nSPS) is 13.4. The molecule has 4 heteroatoms. The molecule has 0 spiro atoms. The first-order chi connectivity index (χ1) is 13.6. The van der Waals surface area contributed by atoms with Gasteiger partial charge in [-0.2, -0.15) is 0 Å². The van der Waals surface area contributed by atoms with Gasteiger partial charge >= 0.3 is 0 Å². The number of carbonyl (C=O) groups excluding carboxylic acids is 1. The summed E-state index contributed by atoms with van der Waals surface area (Å²) in [6.45, 7) is 5.87. The number of aromatic nitrogens is 2. The number of para-hydroxylation sites is 2. The van der Waals surface area contributed by atoms with Crippen molar-refractivity contribution in [3.63, 3.8) is 0 Å². The molecule has 0 unspecified atom stereocenters. The predicted molar refractivity (Wildman–Crippen MR) is 114 cm³/mol. The maximum absolute atomic E-state index is 13.2. The number of hydrogen-bond acceptors (Lipinski definition) is 2. The summed E-state index contributed by atoms with van der Waals surface area (Å²) in [4.78, 5) is 19.9. The van der Waals surface area contributed by atoms with Crippen LogP contribution in [0.1, 0.15) is 36.5 Å². The Morgan fingerprint density at radius 2 is 1.75 bits per heavy atom. The molecule has 4 nitrogen and oxygen atoms in total. The van der Waals surface area contributed by atoms with E-state index in [9.17, 15) is 4.79 Å². The van der Waals surface area contributed by atoms with Crippen LogP contribution in [0.25, 0.3) is 21.8 Å². The fourth-order valence-corrected chi connectivity index (χ4v) is 4.16. The average molecular weight is 369 g/mol. The van der Waals surface area contributed by atoms with Crippen LogP contribution in [0.3, 0.4) is 0 Å². The zero-order valence-corrected chi connectivity index (χ0v) is 16.2. The van der Waals surface area contributed by atoms with Crippen LogP contribution < -0.4 is 4.90 Å². The maximum Gasteiger partial charge on any atom is 0.259 e. The third-order valence-corrected chi connectivity index (χ3v) is 5.61. The van der Waals surface area contributed by atoms with Crippen LogP contribution >= 0.6 is 0 Å². The highest BCUT2D eigenvalue weighted by Gasteiger charge is 2.30. The molecule has 0 saturated carbocycles. The molecule has 140 valence electrons. The van der Waals surface area contributed by atoms with E-state index in [1.165, 1.54) is 0 Å². The van der Waals surface area contributed by atoms with E-state index in [1.807, 2.05) is 41.3 Å². The molecule has 1 aliphatic heterocycles. The maximum atomic E-state index is 13.2. The first-order valence-corrected chi connectivity index (χ1v) is 9.91. The van der Waals surface area contributed by atoms with E-state index in [1.54, 1.807) is 0 Å². The summed E-state index contributed by atoms with van der Waals surface area (Å²) in [6.07, 6.45) is 1.08. The number of fused-ring (bicyclic) bond motifs is 1. The van der Waals surface area contributed by atoms with Crippen LogP contribution in [0, 0.1) is 5.92 Å². The molecule has 1 aliphatic rings. The molecule has 4 aromatic rings. The number of nitrogens with zero attached hydrogens (tertiary/aromatic N) is 3. The van der Waals surface area contributed by atoms with Gasteiger partial charge in [-0.3, -0.25) is 4.79 Å². The lowest BCUT2D eigenvalue weighted by Crippen LogP contribution is -2.28. The Labute approximate surface area is 164 Å². The summed E-state index contributed by atoms with van der Waals surface area (Å²) in [5, 5.41) is 2.17. The highest BCUT2D eigenvalue weighted by molar-refractivity contribution is 6.24. The molecule has 0 radical (unpaired) electrons. The monoisotopic (exact) mass is 369 g/mol. The van der Waals surface area contributed by atoms with E-state index in [4.69, 9.17) is 4.98 Å². The Balaban J connectivity index is 1.59. The number of benzene rings is 3. The minimum absolute atomic E-state index is 0.0641. The molecule has 3 aromatic carbocycles. The fourth-order valence-electron chi connectivity index (χ4n) is 4.16. The summed E-state index contributed by atoms with van der Waals surface area (Å²) in [7, 11) is 0. The highest BCUT2D eigenvalue weighted by Crippen LogP contribution is 2.38. The molecule has 1 amide bonds. The molecule has 1 aromatic heterocycles. The van der Waals surface area contributed by atoms with Crippen LogP contribution in [-0.2, 0) is 13.1 Å². The Kier molecular flexibility index (Phi) is 3.93. The van der Waals surface area contributed by atoms with Gasteiger partial charge in [-0.05, 0) is 42.0 Å². The van der Waals surface area contributed by atoms with Crippen molar-refractivity contribution in [1.29, 1.82) is 0 Å². The smallest absolute Gasteiger partial charge is 0.259 e. The molecule has 0 bridgehead atoms. The summed E-state index contributed by atoms with van der Waals surface area (Å²) in [5.41, 5.74) is 3.91. The highest BCUT2D eigenvalue weighted by atomic mass is 16.2. The standard InChI is InChI=1S/C24H23N3O/c1-16(2)13-14-26-20-11-4-3-10-19(20)25-22(26)15-27-21-12-6-8-17-7-5-9-18(23(17)21)24(27)28/h3-12,16H,13-15H2,1-2H3. The number of carbonyl (C=O) groups is 1. The van der Waals surface area contributed by atoms with Crippen molar-refractivity contribution in [3.8, 4) is 0 Å². The van der Waals surface area contributed by atoms with Gasteiger partial charge in [0.15, 0.2) is 0 Å². The zero-order valence-electron chi connectivity index (χ0n) is 16.2. The van der Waals surface area contributed by atoms with Gasteiger partial charge in [-0.1, -0.05) is 50.2 Å². The Morgan fingerprint density at radius 1 is 0.964 bits per heavy atom. The largest absolute Gasteiger partial charge is 0.326 e. The molecular formula is C24H23N3O. The second-order valence-electron chi connectivity index (χ2n) is 7.92. The van der Waals surface area contributed by atoms with Crippen molar-refractivity contribution >= 4 is 33.4 Å². The molecule has 0 aliphatic carbocycles. The number of imidazole rings is 1. The number of anilines is 1. The lowest BCUT2D eigenvalue weighted by Gasteiger charge is -2.19. The fraction of sp³-hybridized carbons (Fsp3) is 0.250. The van der Waals surface area contributed by atoms with Gasteiger partial charge in [-0.15, -0.1) is 0 Å². The third-order valence-electron chi connectivity index (χ3n) is 5.61. The van der Waals surface area contributed by atoms with Gasteiger partial charge in [0.2, 0.25) is 0 Å². The third kappa shape index (κ3) is 2.60. The van der Waals surface area contributed by atoms with Gasteiger partial charge in [0.1, 0.15) is 5.82 Å². The van der Waals surface area contributed by atoms with Crippen molar-refractivity contribution in [1.82, 2.24) is 9.55 Å². The first-order valence-electron chi connectivity index (χ1n) is 9.91. The van der Waals surface area contributed by atoms with Crippen molar-refractivity contribution in [3.05, 3.63) is 72.1 Å². The van der Waals surface area contributed by atoms with Gasteiger partial charge in [-0.25, -0.2) is 4.98 Å². The molecule has 0 N–H and O–H groups in total. The quantitative estimate of drug-likeness (QED) is 0.473. The molecule has 2 heterocycles. The van der Waals surface area contributed by atoms with Crippen LogP contribution in [0.4, 0.5) is 5.69 Å². The number of aryl methyl sites for hydroxylation is 1.